The number of hydrogen-bond acceptors (Lipinski definition) is 1. The second-order valence-electron chi connectivity index (χ2n) is 4.87. The van der Waals surface area contributed by atoms with Crippen LogP contribution in [-0.2, 0) is 0 Å². The quantitative estimate of drug-likeness (QED) is 0.572. The molecule has 0 aromatic rings. The third-order valence-corrected chi connectivity index (χ3v) is 6.44. The molecule has 0 saturated heterocycles. The van der Waals surface area contributed by atoms with E-state index in [0.29, 0.717) is 0 Å². The van der Waals surface area contributed by atoms with Crippen LogP contribution in [0.3, 0.4) is 0 Å². The number of halogens is 1. The summed E-state index contributed by atoms with van der Waals surface area (Å²) in [6.45, 7) is 8.63. The van der Waals surface area contributed by atoms with Gasteiger partial charge < -0.3 is 4.90 Å². The summed E-state index contributed by atoms with van der Waals surface area (Å²) in [5.41, 5.74) is 0. The van der Waals surface area contributed by atoms with Crippen molar-refractivity contribution in [3.05, 3.63) is 12.8 Å². The molecule has 0 aliphatic heterocycles. The number of alkyl halides is 1. The monoisotopic (exact) mass is 305 g/mol. The van der Waals surface area contributed by atoms with Crippen LogP contribution in [-0.4, -0.2) is 21.9 Å². The van der Waals surface area contributed by atoms with Gasteiger partial charge in [0.25, 0.3) is 0 Å². The Morgan fingerprint density at radius 2 is 2.07 bits per heavy atom. The molecule has 0 aromatic carbocycles. The molecule has 2 heteroatoms. The number of fused-ring (bicyclic) bond motifs is 1. The van der Waals surface area contributed by atoms with Crippen LogP contribution >= 0.6 is 22.6 Å². The summed E-state index contributed by atoms with van der Waals surface area (Å²) >= 11 is 2.65. The van der Waals surface area contributed by atoms with Gasteiger partial charge in [-0.25, -0.2) is 0 Å². The Morgan fingerprint density at radius 1 is 1.43 bits per heavy atom. The van der Waals surface area contributed by atoms with Crippen molar-refractivity contribution in [3.63, 3.8) is 0 Å². The van der Waals surface area contributed by atoms with Crippen LogP contribution in [0.15, 0.2) is 12.8 Å². The number of rotatable bonds is 3. The molecule has 2 rings (SSSR count). The molecule has 0 bridgehead atoms. The zero-order valence-electron chi connectivity index (χ0n) is 9.28. The second kappa shape index (κ2) is 3.69. The predicted octanol–water partition coefficient (Wildman–Crippen LogP) is 3.16. The summed E-state index contributed by atoms with van der Waals surface area (Å²) in [4.78, 5) is 2.34. The van der Waals surface area contributed by atoms with Gasteiger partial charge in [-0.2, -0.15) is 0 Å². The molecule has 0 aromatic heterocycles. The Kier molecular flexibility index (Phi) is 2.84. The highest BCUT2D eigenvalue weighted by Crippen LogP contribution is 2.62. The van der Waals surface area contributed by atoms with Gasteiger partial charge in [-0.05, 0) is 29.9 Å². The predicted molar refractivity (Wildman–Crippen MR) is 69.5 cm³/mol. The summed E-state index contributed by atoms with van der Waals surface area (Å²) in [7, 11) is 2.18. The molecule has 0 spiro atoms. The molecular formula is C12H20IN. The maximum absolute atomic E-state index is 3.88. The Hall–Kier alpha value is 0.270. The van der Waals surface area contributed by atoms with E-state index in [0.717, 1.165) is 33.6 Å². The standard InChI is InChI=1S/C12H20IN/c1-5-8-10-9(7(3)11(10)13)12(8)14(4)6-2/h6-12H,2,5H2,1,3-4H3/t7-,8?,9?,10?,11?,12?/m0/s1. The smallest absolute Gasteiger partial charge is 0.0346 e. The summed E-state index contributed by atoms with van der Waals surface area (Å²) < 4.78 is 0.928. The molecule has 0 amide bonds. The fraction of sp³-hybridized carbons (Fsp3) is 0.833. The van der Waals surface area contributed by atoms with E-state index in [1.807, 2.05) is 6.20 Å². The van der Waals surface area contributed by atoms with Crippen LogP contribution < -0.4 is 0 Å². The van der Waals surface area contributed by atoms with E-state index in [1.165, 1.54) is 6.42 Å². The van der Waals surface area contributed by atoms with E-state index >= 15 is 0 Å². The van der Waals surface area contributed by atoms with Crippen molar-refractivity contribution in [1.82, 2.24) is 4.90 Å². The first-order valence-corrected chi connectivity index (χ1v) is 6.86. The lowest BCUT2D eigenvalue weighted by molar-refractivity contribution is -0.136. The maximum Gasteiger partial charge on any atom is 0.0346 e. The first-order valence-electron chi connectivity index (χ1n) is 5.62. The van der Waals surface area contributed by atoms with Crippen molar-refractivity contribution >= 4 is 22.6 Å². The van der Waals surface area contributed by atoms with Crippen molar-refractivity contribution in [1.29, 1.82) is 0 Å². The van der Waals surface area contributed by atoms with Crippen molar-refractivity contribution in [2.24, 2.45) is 23.7 Å². The van der Waals surface area contributed by atoms with Gasteiger partial charge in [0.15, 0.2) is 0 Å². The molecule has 0 heterocycles. The molecule has 6 atom stereocenters. The minimum absolute atomic E-state index is 0.781. The molecule has 80 valence electrons. The van der Waals surface area contributed by atoms with Gasteiger partial charge in [0.2, 0.25) is 0 Å². The van der Waals surface area contributed by atoms with Crippen LogP contribution in [0, 0.1) is 23.7 Å². The zero-order valence-corrected chi connectivity index (χ0v) is 11.4. The van der Waals surface area contributed by atoms with Crippen molar-refractivity contribution in [2.75, 3.05) is 7.05 Å². The fourth-order valence-corrected chi connectivity index (χ4v) is 5.11. The summed E-state index contributed by atoms with van der Waals surface area (Å²) in [6, 6.07) is 0.781. The lowest BCUT2D eigenvalue weighted by Crippen LogP contribution is -2.70. The van der Waals surface area contributed by atoms with E-state index in [2.05, 4.69) is 55.0 Å². The van der Waals surface area contributed by atoms with E-state index in [-0.39, 0.29) is 0 Å². The Balaban J connectivity index is 2.08. The minimum Gasteiger partial charge on any atom is -0.377 e. The molecule has 0 N–H and O–H groups in total. The van der Waals surface area contributed by atoms with Gasteiger partial charge >= 0.3 is 0 Å². The molecule has 5 unspecified atom stereocenters. The lowest BCUT2D eigenvalue weighted by Gasteiger charge is -2.67. The highest BCUT2D eigenvalue weighted by Gasteiger charge is 2.63. The molecular weight excluding hydrogens is 285 g/mol. The van der Waals surface area contributed by atoms with E-state index in [9.17, 15) is 0 Å². The Labute approximate surface area is 101 Å². The molecule has 1 nitrogen and oxygen atoms in total. The van der Waals surface area contributed by atoms with Crippen molar-refractivity contribution < 1.29 is 0 Å². The molecule has 14 heavy (non-hydrogen) atoms. The summed E-state index contributed by atoms with van der Waals surface area (Å²) in [5, 5.41) is 0. The zero-order chi connectivity index (χ0) is 10.5. The van der Waals surface area contributed by atoms with Crippen molar-refractivity contribution in [2.45, 2.75) is 30.2 Å². The second-order valence-corrected chi connectivity index (χ2v) is 6.31. The maximum atomic E-state index is 3.88. The average molecular weight is 305 g/mol. The van der Waals surface area contributed by atoms with Gasteiger partial charge in [-0.3, -0.25) is 0 Å². The number of hydrogen-bond donors (Lipinski definition) is 0. The lowest BCUT2D eigenvalue weighted by atomic mass is 9.44. The van der Waals surface area contributed by atoms with Gasteiger partial charge in [-0.15, -0.1) is 0 Å². The first-order chi connectivity index (χ1) is 6.63. The van der Waals surface area contributed by atoms with Gasteiger partial charge in [0.1, 0.15) is 0 Å². The SMILES string of the molecule is C=CN(C)C1C(CC)C2C(I)[C@@H](C)C21. The third-order valence-electron chi connectivity index (χ3n) is 4.48. The molecule has 2 aliphatic carbocycles. The van der Waals surface area contributed by atoms with Crippen LogP contribution in [0.5, 0.6) is 0 Å². The normalized spacial score (nSPS) is 50.0. The van der Waals surface area contributed by atoms with Gasteiger partial charge in [-0.1, -0.05) is 49.4 Å². The summed E-state index contributed by atoms with van der Waals surface area (Å²) in [5.74, 6) is 3.78. The van der Waals surface area contributed by atoms with E-state index < -0.39 is 0 Å². The molecule has 2 saturated carbocycles. The first kappa shape index (κ1) is 10.8. The van der Waals surface area contributed by atoms with E-state index in [4.69, 9.17) is 0 Å². The van der Waals surface area contributed by atoms with Gasteiger partial charge in [0.05, 0.1) is 0 Å². The van der Waals surface area contributed by atoms with Crippen LogP contribution in [0.25, 0.3) is 0 Å². The van der Waals surface area contributed by atoms with E-state index in [1.54, 1.807) is 0 Å². The highest BCUT2D eigenvalue weighted by atomic mass is 127. The number of nitrogens with zero attached hydrogens (tertiary/aromatic N) is 1. The summed E-state index contributed by atoms with van der Waals surface area (Å²) in [6.07, 6.45) is 3.33. The molecule has 0 radical (unpaired) electrons. The minimum atomic E-state index is 0.781. The Bertz CT molecular complexity index is 234. The van der Waals surface area contributed by atoms with Crippen LogP contribution in [0.4, 0.5) is 0 Å². The Morgan fingerprint density at radius 3 is 2.57 bits per heavy atom. The average Bonchev–Trinajstić information content (AvgIpc) is 2.16. The highest BCUT2D eigenvalue weighted by molar-refractivity contribution is 14.1. The largest absolute Gasteiger partial charge is 0.377 e. The van der Waals surface area contributed by atoms with Crippen molar-refractivity contribution in [3.8, 4) is 0 Å². The molecule has 2 aliphatic rings. The van der Waals surface area contributed by atoms with Gasteiger partial charge in [0, 0.05) is 17.0 Å². The third kappa shape index (κ3) is 1.18. The van der Waals surface area contributed by atoms with Crippen LogP contribution in [0.2, 0.25) is 0 Å². The fourth-order valence-electron chi connectivity index (χ4n) is 3.62. The van der Waals surface area contributed by atoms with Crippen LogP contribution in [0.1, 0.15) is 20.3 Å². The molecule has 2 fully saturated rings. The topological polar surface area (TPSA) is 3.24 Å².